The fraction of sp³-hybridized carbons (Fsp3) is 0.471. The maximum atomic E-state index is 6.03. The Hall–Kier alpha value is -1.81. The molecule has 0 spiro atoms. The van der Waals surface area contributed by atoms with Gasteiger partial charge in [0.2, 0.25) is 0 Å². The summed E-state index contributed by atoms with van der Waals surface area (Å²) in [6.07, 6.45) is 3.71. The van der Waals surface area contributed by atoms with Crippen molar-refractivity contribution in [3.05, 3.63) is 47.0 Å². The fourth-order valence-electron chi connectivity index (χ4n) is 2.54. The van der Waals surface area contributed by atoms with E-state index in [0.717, 1.165) is 31.1 Å². The van der Waals surface area contributed by atoms with Gasteiger partial charge in [0.15, 0.2) is 0 Å². The summed E-state index contributed by atoms with van der Waals surface area (Å²) in [6, 6.07) is 4.39. The summed E-state index contributed by atoms with van der Waals surface area (Å²) in [7, 11) is 0. The van der Waals surface area contributed by atoms with Crippen LogP contribution >= 0.6 is 0 Å². The smallest absolute Gasteiger partial charge is 0.130 e. The summed E-state index contributed by atoms with van der Waals surface area (Å²) in [5.41, 5.74) is 4.78. The summed E-state index contributed by atoms with van der Waals surface area (Å²) in [5.74, 6) is 0.985. The Bertz CT molecular complexity index is 566. The fourth-order valence-corrected chi connectivity index (χ4v) is 2.54. The normalized spacial score (nSPS) is 10.9. The number of aryl methyl sites for hydroxylation is 3. The highest BCUT2D eigenvalue weighted by molar-refractivity contribution is 5.43. The Morgan fingerprint density at radius 3 is 2.52 bits per heavy atom. The molecule has 1 N–H and O–H groups in total. The molecule has 1 aromatic heterocycles. The monoisotopic (exact) mass is 287 g/mol. The minimum absolute atomic E-state index is 0.558. The van der Waals surface area contributed by atoms with Crippen molar-refractivity contribution in [2.24, 2.45) is 0 Å². The van der Waals surface area contributed by atoms with Crippen LogP contribution in [0.15, 0.2) is 24.7 Å². The average Bonchev–Trinajstić information content (AvgIpc) is 2.91. The lowest BCUT2D eigenvalue weighted by atomic mass is 10.1. The summed E-state index contributed by atoms with van der Waals surface area (Å²) in [5, 5.41) is 3.36. The highest BCUT2D eigenvalue weighted by Gasteiger charge is 2.08. The molecular weight excluding hydrogens is 262 g/mol. The van der Waals surface area contributed by atoms with Crippen molar-refractivity contribution in [2.45, 2.75) is 47.4 Å². The summed E-state index contributed by atoms with van der Waals surface area (Å²) in [6.45, 7) is 11.8. The molecule has 114 valence electrons. The number of hydrogen-bond donors (Lipinski definition) is 1. The van der Waals surface area contributed by atoms with Gasteiger partial charge in [-0.15, -0.1) is 0 Å². The number of hydrogen-bond acceptors (Lipinski definition) is 3. The van der Waals surface area contributed by atoms with E-state index >= 15 is 0 Å². The van der Waals surface area contributed by atoms with Crippen LogP contribution in [0, 0.1) is 13.8 Å². The van der Waals surface area contributed by atoms with Crippen LogP contribution in [-0.4, -0.2) is 16.1 Å². The van der Waals surface area contributed by atoms with Gasteiger partial charge >= 0.3 is 0 Å². The molecule has 2 aromatic rings. The number of aromatic nitrogens is 2. The summed E-state index contributed by atoms with van der Waals surface area (Å²) < 4.78 is 8.13. The van der Waals surface area contributed by atoms with Gasteiger partial charge in [0.25, 0.3) is 0 Å². The molecule has 21 heavy (non-hydrogen) atoms. The zero-order valence-electron chi connectivity index (χ0n) is 13.4. The van der Waals surface area contributed by atoms with Crippen molar-refractivity contribution in [2.75, 3.05) is 6.54 Å². The van der Waals surface area contributed by atoms with E-state index in [9.17, 15) is 0 Å². The van der Waals surface area contributed by atoms with Gasteiger partial charge in [-0.3, -0.25) is 0 Å². The molecule has 0 unspecified atom stereocenters. The molecule has 0 fully saturated rings. The second-order valence-corrected chi connectivity index (χ2v) is 5.30. The number of imidazole rings is 1. The first-order valence-corrected chi connectivity index (χ1v) is 7.58. The Balaban J connectivity index is 2.09. The molecule has 0 aliphatic heterocycles. The van der Waals surface area contributed by atoms with E-state index in [1.165, 1.54) is 16.7 Å². The zero-order chi connectivity index (χ0) is 15.2. The van der Waals surface area contributed by atoms with Crippen LogP contribution in [0.25, 0.3) is 0 Å². The lowest BCUT2D eigenvalue weighted by molar-refractivity contribution is 0.291. The molecular formula is C17H25N3O. The molecule has 0 saturated heterocycles. The highest BCUT2D eigenvalue weighted by Crippen LogP contribution is 2.25. The second-order valence-electron chi connectivity index (χ2n) is 5.30. The molecule has 2 rings (SSSR count). The van der Waals surface area contributed by atoms with Gasteiger partial charge in [-0.05, 0) is 44.0 Å². The Morgan fingerprint density at radius 1 is 1.19 bits per heavy atom. The van der Waals surface area contributed by atoms with Gasteiger partial charge in [0.05, 0.1) is 18.2 Å². The lowest BCUT2D eigenvalue weighted by Gasteiger charge is -2.15. The lowest BCUT2D eigenvalue weighted by Crippen LogP contribution is -2.12. The molecule has 0 aliphatic rings. The third kappa shape index (κ3) is 3.85. The van der Waals surface area contributed by atoms with Crippen molar-refractivity contribution >= 4 is 0 Å². The van der Waals surface area contributed by atoms with Gasteiger partial charge < -0.3 is 14.6 Å². The maximum Gasteiger partial charge on any atom is 0.130 e. The molecule has 4 nitrogen and oxygen atoms in total. The molecule has 0 saturated carbocycles. The van der Waals surface area contributed by atoms with E-state index in [4.69, 9.17) is 4.74 Å². The van der Waals surface area contributed by atoms with Crippen LogP contribution in [0.1, 0.15) is 36.2 Å². The van der Waals surface area contributed by atoms with E-state index in [-0.39, 0.29) is 0 Å². The first-order chi connectivity index (χ1) is 10.2. The predicted molar refractivity (Wildman–Crippen MR) is 85.5 cm³/mol. The molecule has 1 heterocycles. The number of benzene rings is 1. The zero-order valence-corrected chi connectivity index (χ0v) is 13.4. The van der Waals surface area contributed by atoms with Crippen LogP contribution in [0.4, 0.5) is 0 Å². The van der Waals surface area contributed by atoms with Gasteiger partial charge in [0.1, 0.15) is 12.4 Å². The minimum Gasteiger partial charge on any atom is -0.487 e. The van der Waals surface area contributed by atoms with Crippen LogP contribution in [-0.2, 0) is 19.7 Å². The molecule has 0 aliphatic carbocycles. The third-order valence-electron chi connectivity index (χ3n) is 3.60. The van der Waals surface area contributed by atoms with Crippen LogP contribution in [0.2, 0.25) is 0 Å². The maximum absolute atomic E-state index is 6.03. The van der Waals surface area contributed by atoms with Gasteiger partial charge in [-0.2, -0.15) is 0 Å². The molecule has 0 radical (unpaired) electrons. The highest BCUT2D eigenvalue weighted by atomic mass is 16.5. The quantitative estimate of drug-likeness (QED) is 0.850. The molecule has 4 heteroatoms. The minimum atomic E-state index is 0.558. The first kappa shape index (κ1) is 15.6. The van der Waals surface area contributed by atoms with Crippen LogP contribution < -0.4 is 10.1 Å². The van der Waals surface area contributed by atoms with E-state index in [1.807, 2.05) is 12.5 Å². The van der Waals surface area contributed by atoms with Crippen LogP contribution in [0.3, 0.4) is 0 Å². The molecule has 0 bridgehead atoms. The summed E-state index contributed by atoms with van der Waals surface area (Å²) >= 11 is 0. The van der Waals surface area contributed by atoms with Crippen molar-refractivity contribution in [3.63, 3.8) is 0 Å². The molecule has 0 amide bonds. The SMILES string of the molecule is CCNCc1cc(C)c(OCc2cncn2CC)c(C)c1. The third-order valence-corrected chi connectivity index (χ3v) is 3.60. The van der Waals surface area contributed by atoms with Crippen molar-refractivity contribution in [1.29, 1.82) is 0 Å². The number of ether oxygens (including phenoxy) is 1. The number of nitrogens with zero attached hydrogens (tertiary/aromatic N) is 2. The Labute approximate surface area is 127 Å². The topological polar surface area (TPSA) is 39.1 Å². The summed E-state index contributed by atoms with van der Waals surface area (Å²) in [4.78, 5) is 4.17. The predicted octanol–water partition coefficient (Wildman–Crippen LogP) is 3.21. The van der Waals surface area contributed by atoms with E-state index in [2.05, 4.69) is 54.7 Å². The van der Waals surface area contributed by atoms with Crippen molar-refractivity contribution < 1.29 is 4.74 Å². The van der Waals surface area contributed by atoms with Crippen molar-refractivity contribution in [3.8, 4) is 5.75 Å². The molecule has 0 atom stereocenters. The van der Waals surface area contributed by atoms with E-state index < -0.39 is 0 Å². The Morgan fingerprint density at radius 2 is 1.90 bits per heavy atom. The van der Waals surface area contributed by atoms with E-state index in [1.54, 1.807) is 0 Å². The van der Waals surface area contributed by atoms with Gasteiger partial charge in [-0.25, -0.2) is 4.98 Å². The van der Waals surface area contributed by atoms with Crippen molar-refractivity contribution in [1.82, 2.24) is 14.9 Å². The van der Waals surface area contributed by atoms with Gasteiger partial charge in [-0.1, -0.05) is 19.1 Å². The Kier molecular flexibility index (Phi) is 5.39. The molecule has 1 aromatic carbocycles. The van der Waals surface area contributed by atoms with Gasteiger partial charge in [0, 0.05) is 13.1 Å². The van der Waals surface area contributed by atoms with Crippen LogP contribution in [0.5, 0.6) is 5.75 Å². The number of nitrogens with one attached hydrogen (secondary N) is 1. The van der Waals surface area contributed by atoms with E-state index in [0.29, 0.717) is 6.61 Å². The first-order valence-electron chi connectivity index (χ1n) is 7.58. The second kappa shape index (κ2) is 7.27. The average molecular weight is 287 g/mol. The largest absolute Gasteiger partial charge is 0.487 e. The number of rotatable bonds is 7. The standard InChI is InChI=1S/C17H25N3O/c1-5-18-9-15-7-13(3)17(14(4)8-15)21-11-16-10-19-12-20(16)6-2/h7-8,10,12,18H,5-6,9,11H2,1-4H3.